The van der Waals surface area contributed by atoms with Gasteiger partial charge in [-0.2, -0.15) is 10.2 Å². The average molecular weight is 338 g/mol. The fraction of sp³-hybridized carbons (Fsp3) is 0.294. The number of aromatic nitrogens is 5. The van der Waals surface area contributed by atoms with Crippen LogP contribution in [0.2, 0.25) is 0 Å². The van der Waals surface area contributed by atoms with Crippen molar-refractivity contribution in [3.05, 3.63) is 53.9 Å². The van der Waals surface area contributed by atoms with Gasteiger partial charge in [-0.3, -0.25) is 15.0 Å². The molecule has 8 nitrogen and oxygen atoms in total. The smallest absolute Gasteiger partial charge is 0.251 e. The number of ether oxygens (including phenoxy) is 1. The van der Waals surface area contributed by atoms with Crippen LogP contribution in [0.25, 0.3) is 11.1 Å². The van der Waals surface area contributed by atoms with Gasteiger partial charge in [0.05, 0.1) is 12.7 Å². The lowest BCUT2D eigenvalue weighted by Crippen LogP contribution is -2.23. The second-order valence-electron chi connectivity index (χ2n) is 5.89. The molecule has 0 saturated carbocycles. The molecule has 1 fully saturated rings. The van der Waals surface area contributed by atoms with E-state index in [0.29, 0.717) is 23.8 Å². The second-order valence-corrected chi connectivity index (χ2v) is 5.89. The van der Waals surface area contributed by atoms with E-state index in [4.69, 9.17) is 4.74 Å². The van der Waals surface area contributed by atoms with Gasteiger partial charge in [-0.15, -0.1) is 0 Å². The number of hydrogen-bond acceptors (Lipinski definition) is 5. The number of H-pyrrole nitrogens is 2. The number of aromatic amines is 2. The van der Waals surface area contributed by atoms with Gasteiger partial charge in [0.2, 0.25) is 0 Å². The Morgan fingerprint density at radius 2 is 2.16 bits per heavy atom. The first-order chi connectivity index (χ1) is 12.3. The van der Waals surface area contributed by atoms with E-state index < -0.39 is 0 Å². The van der Waals surface area contributed by atoms with Gasteiger partial charge in [0, 0.05) is 23.9 Å². The SMILES string of the molecule is O=C(NCc1nc(C2CCCO2)n[nH]1)c1ccc(-c2cn[nH]c2)cc1. The van der Waals surface area contributed by atoms with Crippen LogP contribution in [0, 0.1) is 0 Å². The highest BCUT2D eigenvalue weighted by Gasteiger charge is 2.22. The van der Waals surface area contributed by atoms with Crippen molar-refractivity contribution in [2.75, 3.05) is 6.61 Å². The van der Waals surface area contributed by atoms with Crippen LogP contribution in [0.1, 0.15) is 41.0 Å². The van der Waals surface area contributed by atoms with Crippen LogP contribution in [0.4, 0.5) is 0 Å². The molecular formula is C17H18N6O2. The lowest BCUT2D eigenvalue weighted by molar-refractivity contribution is 0.0950. The molecule has 8 heteroatoms. The number of carbonyl (C=O) groups is 1. The standard InChI is InChI=1S/C17H18N6O2/c24-17(12-5-3-11(4-6-12)13-8-19-20-9-13)18-10-15-21-16(23-22-15)14-2-1-7-25-14/h3-6,8-9,14H,1-2,7,10H2,(H,18,24)(H,19,20)(H,21,22,23). The molecule has 4 rings (SSSR count). The average Bonchev–Trinajstić information content (AvgIpc) is 3.42. The third kappa shape index (κ3) is 3.43. The zero-order valence-corrected chi connectivity index (χ0v) is 13.5. The van der Waals surface area contributed by atoms with Crippen molar-refractivity contribution in [3.63, 3.8) is 0 Å². The summed E-state index contributed by atoms with van der Waals surface area (Å²) in [6.07, 6.45) is 5.48. The van der Waals surface area contributed by atoms with Gasteiger partial charge in [0.1, 0.15) is 11.9 Å². The quantitative estimate of drug-likeness (QED) is 0.659. The van der Waals surface area contributed by atoms with Crippen LogP contribution in [-0.2, 0) is 11.3 Å². The molecule has 0 radical (unpaired) electrons. The second kappa shape index (κ2) is 6.86. The molecule has 1 aliphatic heterocycles. The Balaban J connectivity index is 1.35. The van der Waals surface area contributed by atoms with E-state index >= 15 is 0 Å². The highest BCUT2D eigenvalue weighted by molar-refractivity contribution is 5.94. The van der Waals surface area contributed by atoms with Gasteiger partial charge < -0.3 is 10.1 Å². The lowest BCUT2D eigenvalue weighted by atomic mass is 10.1. The van der Waals surface area contributed by atoms with Crippen LogP contribution in [0.5, 0.6) is 0 Å². The largest absolute Gasteiger partial charge is 0.370 e. The van der Waals surface area contributed by atoms with Gasteiger partial charge in [0.25, 0.3) is 5.91 Å². The van der Waals surface area contributed by atoms with Gasteiger partial charge in [-0.25, -0.2) is 4.98 Å². The monoisotopic (exact) mass is 338 g/mol. The van der Waals surface area contributed by atoms with E-state index in [1.807, 2.05) is 18.3 Å². The van der Waals surface area contributed by atoms with Crippen LogP contribution in [0.3, 0.4) is 0 Å². The topological polar surface area (TPSA) is 109 Å². The lowest BCUT2D eigenvalue weighted by Gasteiger charge is -2.04. The minimum Gasteiger partial charge on any atom is -0.370 e. The van der Waals surface area contributed by atoms with Crippen molar-refractivity contribution in [3.8, 4) is 11.1 Å². The van der Waals surface area contributed by atoms with E-state index in [1.165, 1.54) is 0 Å². The van der Waals surface area contributed by atoms with Crippen molar-refractivity contribution in [2.24, 2.45) is 0 Å². The maximum Gasteiger partial charge on any atom is 0.251 e. The molecule has 3 aromatic rings. The summed E-state index contributed by atoms with van der Waals surface area (Å²) in [6.45, 7) is 1.04. The first-order valence-corrected chi connectivity index (χ1v) is 8.20. The molecule has 2 aromatic heterocycles. The maximum atomic E-state index is 12.3. The van der Waals surface area contributed by atoms with E-state index in [9.17, 15) is 4.79 Å². The summed E-state index contributed by atoms with van der Waals surface area (Å²) >= 11 is 0. The van der Waals surface area contributed by atoms with Crippen LogP contribution < -0.4 is 5.32 Å². The van der Waals surface area contributed by atoms with Gasteiger partial charge in [-0.05, 0) is 30.5 Å². The summed E-state index contributed by atoms with van der Waals surface area (Å²) in [5.74, 6) is 1.12. The Hall–Kier alpha value is -3.00. The number of carbonyl (C=O) groups excluding carboxylic acids is 1. The third-order valence-electron chi connectivity index (χ3n) is 4.16. The number of nitrogens with zero attached hydrogens (tertiary/aromatic N) is 3. The molecule has 3 heterocycles. The van der Waals surface area contributed by atoms with Crippen molar-refractivity contribution >= 4 is 5.91 Å². The summed E-state index contributed by atoms with van der Waals surface area (Å²) in [5, 5.41) is 16.6. The molecule has 128 valence electrons. The highest BCUT2D eigenvalue weighted by atomic mass is 16.5. The van der Waals surface area contributed by atoms with Gasteiger partial charge in [-0.1, -0.05) is 12.1 Å². The third-order valence-corrected chi connectivity index (χ3v) is 4.16. The molecular weight excluding hydrogens is 320 g/mol. The zero-order valence-electron chi connectivity index (χ0n) is 13.5. The molecule has 25 heavy (non-hydrogen) atoms. The number of hydrogen-bond donors (Lipinski definition) is 3. The van der Waals surface area contributed by atoms with Crippen molar-refractivity contribution < 1.29 is 9.53 Å². The van der Waals surface area contributed by atoms with Crippen LogP contribution in [0.15, 0.2) is 36.7 Å². The normalized spacial score (nSPS) is 16.9. The molecule has 3 N–H and O–H groups in total. The Labute approximate surface area is 144 Å². The van der Waals surface area contributed by atoms with Gasteiger partial charge >= 0.3 is 0 Å². The van der Waals surface area contributed by atoms with Crippen LogP contribution >= 0.6 is 0 Å². The molecule has 1 aromatic carbocycles. The molecule has 1 saturated heterocycles. The molecule has 1 aliphatic rings. The molecule has 1 unspecified atom stereocenters. The number of rotatable bonds is 5. The maximum absolute atomic E-state index is 12.3. The fourth-order valence-corrected chi connectivity index (χ4v) is 2.80. The minimum absolute atomic E-state index is 0.0313. The van der Waals surface area contributed by atoms with Crippen molar-refractivity contribution in [1.82, 2.24) is 30.7 Å². The van der Waals surface area contributed by atoms with Crippen molar-refractivity contribution in [2.45, 2.75) is 25.5 Å². The Morgan fingerprint density at radius 1 is 1.28 bits per heavy atom. The molecule has 0 aliphatic carbocycles. The predicted molar refractivity (Wildman–Crippen MR) is 89.5 cm³/mol. The minimum atomic E-state index is -0.159. The van der Waals surface area contributed by atoms with Gasteiger partial charge in [0.15, 0.2) is 5.82 Å². The molecule has 0 bridgehead atoms. The molecule has 0 spiro atoms. The summed E-state index contributed by atoms with van der Waals surface area (Å²) < 4.78 is 5.55. The zero-order chi connectivity index (χ0) is 17.1. The summed E-state index contributed by atoms with van der Waals surface area (Å²) in [6, 6.07) is 7.36. The first-order valence-electron chi connectivity index (χ1n) is 8.20. The Kier molecular flexibility index (Phi) is 4.26. The summed E-state index contributed by atoms with van der Waals surface area (Å²) in [7, 11) is 0. The van der Waals surface area contributed by atoms with E-state index in [1.54, 1.807) is 18.3 Å². The van der Waals surface area contributed by atoms with E-state index in [0.717, 1.165) is 30.6 Å². The van der Waals surface area contributed by atoms with E-state index in [-0.39, 0.29) is 12.0 Å². The molecule has 1 atom stereocenters. The van der Waals surface area contributed by atoms with Crippen molar-refractivity contribution in [1.29, 1.82) is 0 Å². The Bertz CT molecular complexity index is 834. The fourth-order valence-electron chi connectivity index (χ4n) is 2.80. The van der Waals surface area contributed by atoms with E-state index in [2.05, 4.69) is 30.7 Å². The summed E-state index contributed by atoms with van der Waals surface area (Å²) in [5.41, 5.74) is 2.57. The predicted octanol–water partition coefficient (Wildman–Crippen LogP) is 1.98. The first kappa shape index (κ1) is 15.5. The summed E-state index contributed by atoms with van der Waals surface area (Å²) in [4.78, 5) is 16.7. The highest BCUT2D eigenvalue weighted by Crippen LogP contribution is 2.25. The van der Waals surface area contributed by atoms with Crippen LogP contribution in [-0.4, -0.2) is 37.9 Å². The number of amides is 1. The number of nitrogens with one attached hydrogen (secondary N) is 3. The number of benzene rings is 1. The Morgan fingerprint density at radius 3 is 2.88 bits per heavy atom. The molecule has 1 amide bonds.